The highest BCUT2D eigenvalue weighted by Gasteiger charge is 2.36. The number of fused-ring (bicyclic) bond motifs is 6. The zero-order valence-electron chi connectivity index (χ0n) is 23.8. The van der Waals surface area contributed by atoms with E-state index >= 15 is 0 Å². The first kappa shape index (κ1) is 24.7. The number of para-hydroxylation sites is 3. The molecular formula is C40H27N3O. The van der Waals surface area contributed by atoms with E-state index in [-0.39, 0.29) is 6.04 Å². The first-order valence-electron chi connectivity index (χ1n) is 14.9. The van der Waals surface area contributed by atoms with Gasteiger partial charge in [0.25, 0.3) is 0 Å². The molecule has 1 N–H and O–H groups in total. The number of aliphatic imine (C=N–C) groups is 1. The van der Waals surface area contributed by atoms with Crippen LogP contribution in [-0.4, -0.2) is 10.4 Å². The third-order valence-corrected chi connectivity index (χ3v) is 8.65. The van der Waals surface area contributed by atoms with E-state index < -0.39 is 0 Å². The van der Waals surface area contributed by atoms with Crippen molar-refractivity contribution in [1.29, 1.82) is 0 Å². The Bertz CT molecular complexity index is 2240. The summed E-state index contributed by atoms with van der Waals surface area (Å²) in [5.74, 6) is 2.55. The van der Waals surface area contributed by atoms with Gasteiger partial charge in [-0.1, -0.05) is 115 Å². The number of amidine groups is 1. The van der Waals surface area contributed by atoms with Crippen molar-refractivity contribution in [2.24, 2.45) is 4.99 Å². The van der Waals surface area contributed by atoms with Crippen molar-refractivity contribution < 1.29 is 4.74 Å². The van der Waals surface area contributed by atoms with Crippen molar-refractivity contribution in [2.75, 3.05) is 0 Å². The quantitative estimate of drug-likeness (QED) is 0.231. The first-order valence-corrected chi connectivity index (χ1v) is 14.9. The van der Waals surface area contributed by atoms with E-state index in [9.17, 15) is 0 Å². The summed E-state index contributed by atoms with van der Waals surface area (Å²) in [5, 5.41) is 6.17. The summed E-state index contributed by atoms with van der Waals surface area (Å²) >= 11 is 0. The number of nitrogens with zero attached hydrogens (tertiary/aromatic N) is 2. The van der Waals surface area contributed by atoms with Crippen LogP contribution in [0.5, 0.6) is 5.75 Å². The molecule has 0 aliphatic carbocycles. The van der Waals surface area contributed by atoms with Gasteiger partial charge >= 0.3 is 0 Å². The third kappa shape index (κ3) is 3.89. The van der Waals surface area contributed by atoms with E-state index in [1.165, 1.54) is 21.8 Å². The van der Waals surface area contributed by atoms with Crippen LogP contribution in [0.2, 0.25) is 0 Å². The number of ether oxygens (including phenoxy) is 1. The highest BCUT2D eigenvalue weighted by Crippen LogP contribution is 2.45. The van der Waals surface area contributed by atoms with E-state index in [0.29, 0.717) is 0 Å². The van der Waals surface area contributed by atoms with Gasteiger partial charge in [0.15, 0.2) is 5.76 Å². The van der Waals surface area contributed by atoms with Crippen LogP contribution in [0.25, 0.3) is 44.3 Å². The van der Waals surface area contributed by atoms with Crippen LogP contribution in [0, 0.1) is 0 Å². The van der Waals surface area contributed by atoms with Crippen LogP contribution in [0.1, 0.15) is 22.7 Å². The molecule has 2 aliphatic heterocycles. The van der Waals surface area contributed by atoms with Gasteiger partial charge in [0.05, 0.1) is 11.0 Å². The minimum absolute atomic E-state index is 0.101. The van der Waals surface area contributed by atoms with Gasteiger partial charge < -0.3 is 14.6 Å². The van der Waals surface area contributed by atoms with Gasteiger partial charge in [0.1, 0.15) is 23.3 Å². The minimum atomic E-state index is -0.101. The molecule has 0 radical (unpaired) electrons. The van der Waals surface area contributed by atoms with Gasteiger partial charge in [-0.3, -0.25) is 0 Å². The summed E-state index contributed by atoms with van der Waals surface area (Å²) in [6.07, 6.45) is 0. The van der Waals surface area contributed by atoms with Gasteiger partial charge in [-0.05, 0) is 47.5 Å². The molecule has 3 heterocycles. The summed E-state index contributed by atoms with van der Waals surface area (Å²) in [5.41, 5.74) is 9.85. The van der Waals surface area contributed by atoms with E-state index in [0.717, 1.165) is 56.5 Å². The van der Waals surface area contributed by atoms with Crippen LogP contribution in [0.4, 0.5) is 0 Å². The largest absolute Gasteiger partial charge is 0.456 e. The summed E-state index contributed by atoms with van der Waals surface area (Å²) in [7, 11) is 0. The molecule has 1 aromatic heterocycles. The van der Waals surface area contributed by atoms with E-state index in [2.05, 4.69) is 131 Å². The molecular weight excluding hydrogens is 538 g/mol. The predicted molar refractivity (Wildman–Crippen MR) is 179 cm³/mol. The van der Waals surface area contributed by atoms with Crippen molar-refractivity contribution >= 4 is 33.3 Å². The molecule has 0 saturated carbocycles. The molecule has 6 aromatic carbocycles. The second kappa shape index (κ2) is 9.85. The average Bonchev–Trinajstić information content (AvgIpc) is 3.64. The van der Waals surface area contributed by atoms with E-state index in [4.69, 9.17) is 9.73 Å². The number of rotatable bonds is 4. The fourth-order valence-corrected chi connectivity index (χ4v) is 6.62. The maximum atomic E-state index is 6.46. The SMILES string of the molecule is c1ccc(C2=NC(c3cccc(-c4cccc(-n5c6ccccc6c6ccccc65)c4)c3)=C3Oc4ccccc4C3N2)cc1. The van der Waals surface area contributed by atoms with Gasteiger partial charge in [0, 0.05) is 33.2 Å². The van der Waals surface area contributed by atoms with Crippen LogP contribution in [0.3, 0.4) is 0 Å². The lowest BCUT2D eigenvalue weighted by Crippen LogP contribution is -2.33. The summed E-state index contributed by atoms with van der Waals surface area (Å²) < 4.78 is 8.83. The molecule has 208 valence electrons. The molecule has 1 unspecified atom stereocenters. The van der Waals surface area contributed by atoms with Crippen molar-refractivity contribution in [3.63, 3.8) is 0 Å². The molecule has 0 fully saturated rings. The first-order chi connectivity index (χ1) is 21.8. The monoisotopic (exact) mass is 565 g/mol. The van der Waals surface area contributed by atoms with Gasteiger partial charge in [-0.15, -0.1) is 0 Å². The lowest BCUT2D eigenvalue weighted by molar-refractivity contribution is 0.420. The molecule has 0 saturated heterocycles. The van der Waals surface area contributed by atoms with E-state index in [1.54, 1.807) is 0 Å². The molecule has 4 nitrogen and oxygen atoms in total. The van der Waals surface area contributed by atoms with Crippen LogP contribution in [-0.2, 0) is 0 Å². The molecule has 7 aromatic rings. The Hall–Kier alpha value is -5.87. The van der Waals surface area contributed by atoms with Crippen molar-refractivity contribution in [3.8, 4) is 22.6 Å². The summed E-state index contributed by atoms with van der Waals surface area (Å²) in [4.78, 5) is 5.17. The maximum absolute atomic E-state index is 6.46. The molecule has 1 atom stereocenters. The van der Waals surface area contributed by atoms with Crippen LogP contribution in [0.15, 0.2) is 162 Å². The minimum Gasteiger partial charge on any atom is -0.456 e. The predicted octanol–water partition coefficient (Wildman–Crippen LogP) is 9.30. The Balaban J connectivity index is 1.18. The lowest BCUT2D eigenvalue weighted by atomic mass is 9.97. The molecule has 0 bridgehead atoms. The van der Waals surface area contributed by atoms with Crippen LogP contribution < -0.4 is 10.1 Å². The molecule has 9 rings (SSSR count). The Kier molecular flexibility index (Phi) is 5.53. The number of hydrogen-bond donors (Lipinski definition) is 1. The standard InChI is InChI=1S/C40H27N3O/c1-2-12-26(13-3-1)40-41-37(39-38(42-40)33-20-6-9-23-36(33)44-39)29-16-10-14-27(24-29)28-15-11-17-30(25-28)43-34-21-7-4-18-31(34)32-19-5-8-22-35(32)43/h1-25,38H,(H,41,42). The van der Waals surface area contributed by atoms with Gasteiger partial charge in [0.2, 0.25) is 0 Å². The fourth-order valence-electron chi connectivity index (χ4n) is 6.62. The van der Waals surface area contributed by atoms with Crippen molar-refractivity contribution in [3.05, 3.63) is 174 Å². The Morgan fingerprint density at radius 3 is 1.95 bits per heavy atom. The fraction of sp³-hybridized carbons (Fsp3) is 0.0250. The normalized spacial score (nSPS) is 15.5. The Morgan fingerprint density at radius 2 is 1.16 bits per heavy atom. The topological polar surface area (TPSA) is 38.5 Å². The van der Waals surface area contributed by atoms with Gasteiger partial charge in [-0.25, -0.2) is 4.99 Å². The van der Waals surface area contributed by atoms with Crippen LogP contribution >= 0.6 is 0 Å². The molecule has 44 heavy (non-hydrogen) atoms. The maximum Gasteiger partial charge on any atom is 0.157 e. The highest BCUT2D eigenvalue weighted by atomic mass is 16.5. The lowest BCUT2D eigenvalue weighted by Gasteiger charge is -2.24. The van der Waals surface area contributed by atoms with Crippen molar-refractivity contribution in [1.82, 2.24) is 9.88 Å². The third-order valence-electron chi connectivity index (χ3n) is 8.65. The smallest absolute Gasteiger partial charge is 0.157 e. The average molecular weight is 566 g/mol. The van der Waals surface area contributed by atoms with Crippen molar-refractivity contribution in [2.45, 2.75) is 6.04 Å². The highest BCUT2D eigenvalue weighted by molar-refractivity contribution is 6.09. The molecule has 0 amide bonds. The molecule has 0 spiro atoms. The molecule has 2 aliphatic rings. The van der Waals surface area contributed by atoms with E-state index in [1.807, 2.05) is 30.3 Å². The summed E-state index contributed by atoms with van der Waals surface area (Å²) in [6.45, 7) is 0. The van der Waals surface area contributed by atoms with Gasteiger partial charge in [-0.2, -0.15) is 0 Å². The number of aromatic nitrogens is 1. The second-order valence-corrected chi connectivity index (χ2v) is 11.3. The number of nitrogens with one attached hydrogen (secondary N) is 1. The second-order valence-electron chi connectivity index (χ2n) is 11.3. The zero-order valence-corrected chi connectivity index (χ0v) is 23.8. The summed E-state index contributed by atoms with van der Waals surface area (Å²) in [6, 6.07) is 53.1. The zero-order chi connectivity index (χ0) is 29.0. The Morgan fingerprint density at radius 1 is 0.545 bits per heavy atom. The number of benzene rings is 6. The number of hydrogen-bond acceptors (Lipinski definition) is 3. The Labute approximate surface area is 255 Å². The molecule has 4 heteroatoms.